The Morgan fingerprint density at radius 1 is 2.00 bits per heavy atom. The van der Waals surface area contributed by atoms with Crippen LogP contribution in [0.3, 0.4) is 0 Å². The molecule has 0 amide bonds. The van der Waals surface area contributed by atoms with Crippen molar-refractivity contribution in [2.45, 2.75) is 5.37 Å². The van der Waals surface area contributed by atoms with E-state index >= 15 is 0 Å². The Morgan fingerprint density at radius 2 is 2.67 bits per heavy atom. The monoisotopic (exact) mass is 147 g/mol. The van der Waals surface area contributed by atoms with Crippen LogP contribution in [0, 0.1) is 0 Å². The molecule has 0 N–H and O–H groups in total. The van der Waals surface area contributed by atoms with Crippen molar-refractivity contribution in [2.24, 2.45) is 4.99 Å². The number of nitrogens with zero attached hydrogens (tertiary/aromatic N) is 2. The van der Waals surface area contributed by atoms with Crippen molar-refractivity contribution in [3.05, 3.63) is 0 Å². The van der Waals surface area contributed by atoms with Crippen LogP contribution in [-0.4, -0.2) is 39.0 Å². The standard InChI is InChI=1S/C4H8N2O2S/c1-6-3-5-2-4(6)9(7)8/h3-4H,2H2,1H3,(H,7,8)/p-1. The summed E-state index contributed by atoms with van der Waals surface area (Å²) in [6.45, 7) is 0.368. The molecule has 2 unspecified atom stereocenters. The lowest BCUT2D eigenvalue weighted by atomic mass is 10.6. The van der Waals surface area contributed by atoms with E-state index in [0.29, 0.717) is 6.54 Å². The lowest BCUT2D eigenvalue weighted by Crippen LogP contribution is -2.31. The van der Waals surface area contributed by atoms with Crippen LogP contribution in [0.5, 0.6) is 0 Å². The van der Waals surface area contributed by atoms with Crippen LogP contribution in [0.25, 0.3) is 0 Å². The second kappa shape index (κ2) is 2.45. The SMILES string of the molecule is CN1C=NCC1S(=O)[O-]. The van der Waals surface area contributed by atoms with Gasteiger partial charge in [-0.15, -0.1) is 0 Å². The summed E-state index contributed by atoms with van der Waals surface area (Å²) in [6, 6.07) is 0. The zero-order valence-electron chi connectivity index (χ0n) is 4.98. The van der Waals surface area contributed by atoms with Gasteiger partial charge < -0.3 is 9.45 Å². The molecule has 1 rings (SSSR count). The second-order valence-electron chi connectivity index (χ2n) is 1.86. The highest BCUT2D eigenvalue weighted by Gasteiger charge is 2.16. The third kappa shape index (κ3) is 1.28. The minimum absolute atomic E-state index is 0.368. The Morgan fingerprint density at radius 3 is 2.89 bits per heavy atom. The van der Waals surface area contributed by atoms with Crippen LogP contribution >= 0.6 is 0 Å². The molecule has 4 nitrogen and oxygen atoms in total. The summed E-state index contributed by atoms with van der Waals surface area (Å²) in [4.78, 5) is 5.35. The van der Waals surface area contributed by atoms with Crippen molar-refractivity contribution in [1.82, 2.24) is 4.90 Å². The summed E-state index contributed by atoms with van der Waals surface area (Å²) in [5.74, 6) is 0. The van der Waals surface area contributed by atoms with E-state index < -0.39 is 16.5 Å². The topological polar surface area (TPSA) is 55.7 Å². The normalized spacial score (nSPS) is 29.1. The van der Waals surface area contributed by atoms with Gasteiger partial charge in [0.05, 0.1) is 12.9 Å². The van der Waals surface area contributed by atoms with Gasteiger partial charge in [-0.05, 0) is 11.1 Å². The van der Waals surface area contributed by atoms with Crippen molar-refractivity contribution < 1.29 is 8.76 Å². The van der Waals surface area contributed by atoms with Gasteiger partial charge >= 0.3 is 0 Å². The van der Waals surface area contributed by atoms with Crippen LogP contribution in [0.2, 0.25) is 0 Å². The second-order valence-corrected chi connectivity index (χ2v) is 2.93. The molecular formula is C4H7N2O2S-. The van der Waals surface area contributed by atoms with Gasteiger partial charge in [0.15, 0.2) is 0 Å². The Hall–Kier alpha value is -0.420. The molecule has 0 spiro atoms. The molecule has 9 heavy (non-hydrogen) atoms. The molecule has 1 aliphatic rings. The molecule has 1 aliphatic heterocycles. The highest BCUT2D eigenvalue weighted by molar-refractivity contribution is 7.79. The summed E-state index contributed by atoms with van der Waals surface area (Å²) < 4.78 is 20.6. The molecule has 0 aromatic heterocycles. The van der Waals surface area contributed by atoms with E-state index in [1.54, 1.807) is 11.9 Å². The Labute approximate surface area is 55.9 Å². The summed E-state index contributed by atoms with van der Waals surface area (Å²) in [5.41, 5.74) is 0. The first-order valence-corrected chi connectivity index (χ1v) is 3.65. The van der Waals surface area contributed by atoms with E-state index in [-0.39, 0.29) is 0 Å². The van der Waals surface area contributed by atoms with E-state index in [4.69, 9.17) is 0 Å². The first kappa shape index (κ1) is 6.70. The first-order valence-electron chi connectivity index (χ1n) is 2.52. The fourth-order valence-corrected chi connectivity index (χ4v) is 1.20. The molecule has 0 fully saturated rings. The number of likely N-dealkylation sites (N-methyl/N-ethyl adjacent to an activating group) is 1. The quantitative estimate of drug-likeness (QED) is 0.455. The molecule has 5 heteroatoms. The summed E-state index contributed by atoms with van der Waals surface area (Å²) in [7, 11) is 1.69. The molecule has 2 atom stereocenters. The van der Waals surface area contributed by atoms with Crippen LogP contribution < -0.4 is 0 Å². The smallest absolute Gasteiger partial charge is 0.112 e. The Balaban J connectivity index is 2.55. The zero-order valence-corrected chi connectivity index (χ0v) is 5.80. The van der Waals surface area contributed by atoms with Crippen LogP contribution in [-0.2, 0) is 11.1 Å². The molecule has 1 heterocycles. The van der Waals surface area contributed by atoms with Crippen LogP contribution in [0.15, 0.2) is 4.99 Å². The van der Waals surface area contributed by atoms with Gasteiger partial charge in [-0.2, -0.15) is 0 Å². The minimum Gasteiger partial charge on any atom is -0.771 e. The molecule has 0 saturated heterocycles. The van der Waals surface area contributed by atoms with E-state index in [1.165, 1.54) is 6.34 Å². The molecular weight excluding hydrogens is 140 g/mol. The van der Waals surface area contributed by atoms with Crippen molar-refractivity contribution in [3.63, 3.8) is 0 Å². The highest BCUT2D eigenvalue weighted by atomic mass is 32.2. The third-order valence-corrected chi connectivity index (χ3v) is 2.13. The maximum atomic E-state index is 10.3. The van der Waals surface area contributed by atoms with Crippen LogP contribution in [0.1, 0.15) is 0 Å². The predicted octanol–water partition coefficient (Wildman–Crippen LogP) is -0.835. The summed E-state index contributed by atoms with van der Waals surface area (Å²) in [5, 5.41) is -0.440. The van der Waals surface area contributed by atoms with Gasteiger partial charge in [-0.3, -0.25) is 9.20 Å². The largest absolute Gasteiger partial charge is 0.771 e. The first-order chi connectivity index (χ1) is 4.22. The predicted molar refractivity (Wildman–Crippen MR) is 33.8 cm³/mol. The fourth-order valence-electron chi connectivity index (χ4n) is 0.666. The van der Waals surface area contributed by atoms with Gasteiger partial charge in [0.25, 0.3) is 0 Å². The molecule has 0 radical (unpaired) electrons. The van der Waals surface area contributed by atoms with Crippen molar-refractivity contribution in [1.29, 1.82) is 0 Å². The third-order valence-electron chi connectivity index (χ3n) is 1.20. The van der Waals surface area contributed by atoms with Gasteiger partial charge in [-0.1, -0.05) is 0 Å². The lowest BCUT2D eigenvalue weighted by Gasteiger charge is -2.20. The summed E-state index contributed by atoms with van der Waals surface area (Å²) >= 11 is -2.02. The number of aliphatic imine (C=N–C) groups is 1. The van der Waals surface area contributed by atoms with Gasteiger partial charge in [0.1, 0.15) is 5.37 Å². The van der Waals surface area contributed by atoms with E-state index in [2.05, 4.69) is 4.99 Å². The Bertz CT molecular complexity index is 159. The summed E-state index contributed by atoms with van der Waals surface area (Å²) in [6.07, 6.45) is 1.53. The van der Waals surface area contributed by atoms with Gasteiger partial charge in [0, 0.05) is 7.05 Å². The van der Waals surface area contributed by atoms with E-state index in [9.17, 15) is 8.76 Å². The minimum atomic E-state index is -2.02. The van der Waals surface area contributed by atoms with E-state index in [0.717, 1.165) is 0 Å². The van der Waals surface area contributed by atoms with Gasteiger partial charge in [0.2, 0.25) is 0 Å². The molecule has 0 aromatic carbocycles. The Kier molecular flexibility index (Phi) is 1.82. The van der Waals surface area contributed by atoms with Crippen LogP contribution in [0.4, 0.5) is 0 Å². The average molecular weight is 147 g/mol. The van der Waals surface area contributed by atoms with Gasteiger partial charge in [-0.25, -0.2) is 0 Å². The number of rotatable bonds is 1. The lowest BCUT2D eigenvalue weighted by molar-refractivity contribution is 0.455. The number of hydrogen-bond acceptors (Lipinski definition) is 4. The molecule has 0 bridgehead atoms. The average Bonchev–Trinajstić information content (AvgIpc) is 2.13. The zero-order chi connectivity index (χ0) is 6.85. The maximum absolute atomic E-state index is 10.3. The van der Waals surface area contributed by atoms with Crippen molar-refractivity contribution in [2.75, 3.05) is 13.6 Å². The maximum Gasteiger partial charge on any atom is 0.112 e. The van der Waals surface area contributed by atoms with E-state index in [1.807, 2.05) is 0 Å². The molecule has 52 valence electrons. The molecule has 0 saturated carbocycles. The highest BCUT2D eigenvalue weighted by Crippen LogP contribution is 2.03. The molecule has 0 aliphatic carbocycles. The molecule has 0 aromatic rings. The van der Waals surface area contributed by atoms with Crippen molar-refractivity contribution in [3.8, 4) is 0 Å². The fraction of sp³-hybridized carbons (Fsp3) is 0.750. The number of hydrogen-bond donors (Lipinski definition) is 0. The van der Waals surface area contributed by atoms with Crippen molar-refractivity contribution >= 4 is 17.4 Å².